The number of ether oxygens (including phenoxy) is 2. The molecule has 1 aliphatic heterocycles. The number of ketones is 1. The summed E-state index contributed by atoms with van der Waals surface area (Å²) in [5, 5.41) is 15.7. The van der Waals surface area contributed by atoms with Crippen molar-refractivity contribution < 1.29 is 27.5 Å². The van der Waals surface area contributed by atoms with Crippen molar-refractivity contribution in [2.45, 2.75) is 115 Å². The molecule has 0 radical (unpaired) electrons. The SMILES string of the molecule is CCCSc1nc(N[C@@H]2C[C@H]2c2ccc(F)c(F)c2)c2nnn([C@@H]3C[C@H](COCc4ccccc4C(=O)C(C)(C)C)O[C@H]3CO[Si](c3ccccc3)(c3ccccc3)C(C)(C)C)c2n1. The van der Waals surface area contributed by atoms with Crippen LogP contribution in [0, 0.1) is 17.0 Å². The van der Waals surface area contributed by atoms with Gasteiger partial charge in [0, 0.05) is 35.1 Å². The van der Waals surface area contributed by atoms with E-state index in [0.29, 0.717) is 34.1 Å². The first kappa shape index (κ1) is 45.7. The maximum Gasteiger partial charge on any atom is 0.261 e. The van der Waals surface area contributed by atoms with Crippen LogP contribution in [0.2, 0.25) is 5.04 Å². The van der Waals surface area contributed by atoms with Gasteiger partial charge in [-0.3, -0.25) is 4.79 Å². The van der Waals surface area contributed by atoms with Gasteiger partial charge in [-0.05, 0) is 51.5 Å². The van der Waals surface area contributed by atoms with Crippen LogP contribution in [0.3, 0.4) is 0 Å². The molecule has 6 aromatic rings. The highest BCUT2D eigenvalue weighted by molar-refractivity contribution is 7.99. The zero-order chi connectivity index (χ0) is 45.2. The molecular formula is C50H58F2N6O4SSi. The Kier molecular flexibility index (Phi) is 13.5. The fourth-order valence-corrected chi connectivity index (χ4v) is 14.2. The first-order valence-electron chi connectivity index (χ1n) is 22.3. The summed E-state index contributed by atoms with van der Waals surface area (Å²) in [7, 11) is -2.97. The summed E-state index contributed by atoms with van der Waals surface area (Å²) in [5.74, 6) is -0.293. The molecule has 1 aliphatic carbocycles. The van der Waals surface area contributed by atoms with E-state index in [1.165, 1.54) is 22.5 Å². The van der Waals surface area contributed by atoms with E-state index in [-0.39, 0.29) is 54.7 Å². The van der Waals surface area contributed by atoms with E-state index in [0.717, 1.165) is 29.7 Å². The Hall–Kier alpha value is -4.86. The van der Waals surface area contributed by atoms with Gasteiger partial charge in [-0.2, -0.15) is 0 Å². The van der Waals surface area contributed by atoms with E-state index in [1.54, 1.807) is 17.8 Å². The molecule has 5 atom stereocenters. The van der Waals surface area contributed by atoms with Crippen molar-refractivity contribution in [2.24, 2.45) is 5.41 Å². The molecule has 8 rings (SSSR count). The van der Waals surface area contributed by atoms with Gasteiger partial charge in [-0.1, -0.05) is 156 Å². The number of rotatable bonds is 17. The Labute approximate surface area is 380 Å². The van der Waals surface area contributed by atoms with Crippen LogP contribution in [0.1, 0.15) is 101 Å². The first-order valence-corrected chi connectivity index (χ1v) is 25.2. The minimum atomic E-state index is -2.97. The summed E-state index contributed by atoms with van der Waals surface area (Å²) in [6.07, 6.45) is 1.41. The Bertz CT molecular complexity index is 2530. The quantitative estimate of drug-likeness (QED) is 0.0411. The van der Waals surface area contributed by atoms with Crippen LogP contribution in [-0.2, 0) is 20.5 Å². The largest absolute Gasteiger partial charge is 0.405 e. The zero-order valence-corrected chi connectivity index (χ0v) is 39.5. The predicted octanol–water partition coefficient (Wildman–Crippen LogP) is 9.69. The number of carbonyl (C=O) groups is 1. The molecule has 2 aliphatic rings. The van der Waals surface area contributed by atoms with Crippen LogP contribution >= 0.6 is 11.8 Å². The van der Waals surface area contributed by atoms with Gasteiger partial charge in [0.25, 0.3) is 8.32 Å². The van der Waals surface area contributed by atoms with Crippen LogP contribution < -0.4 is 15.7 Å². The molecule has 10 nitrogen and oxygen atoms in total. The smallest absolute Gasteiger partial charge is 0.261 e. The zero-order valence-electron chi connectivity index (χ0n) is 37.7. The van der Waals surface area contributed by atoms with E-state index in [9.17, 15) is 13.6 Å². The lowest BCUT2D eigenvalue weighted by Gasteiger charge is -2.43. The summed E-state index contributed by atoms with van der Waals surface area (Å²) >= 11 is 1.56. The standard InChI is InChI=1S/C50H58F2N6O4SSi/c1-8-25-63-48-54-46(53-41-28-38(41)32-23-24-39(51)40(52)26-32)44-47(55-48)58(57-56-44)42-27-34(30-60-29-33-17-15-16-22-37(33)45(59)49(2,3)4)62-43(42)31-61-64(50(5,6)7,35-18-11-9-12-19-35)36-20-13-10-14-21-36/h9-24,26,34,38,41-43H,8,25,27-31H2,1-7H3,(H,53,54,55)/t34-,38+,41-,42-,43+/m1/s1. The van der Waals surface area contributed by atoms with Crippen LogP contribution in [0.25, 0.3) is 11.2 Å². The Balaban J connectivity index is 1.13. The summed E-state index contributed by atoms with van der Waals surface area (Å²) in [5.41, 5.74) is 2.78. The highest BCUT2D eigenvalue weighted by Gasteiger charge is 2.52. The number of hydrogen-bond donors (Lipinski definition) is 1. The van der Waals surface area contributed by atoms with Gasteiger partial charge in [-0.25, -0.2) is 23.4 Å². The molecule has 14 heteroatoms. The summed E-state index contributed by atoms with van der Waals surface area (Å²) in [6.45, 7) is 15.5. The monoisotopic (exact) mass is 904 g/mol. The van der Waals surface area contributed by atoms with Crippen LogP contribution in [0.5, 0.6) is 0 Å². The third-order valence-corrected chi connectivity index (χ3v) is 18.3. The molecule has 4 aromatic carbocycles. The number of fused-ring (bicyclic) bond motifs is 1. The van der Waals surface area contributed by atoms with E-state index < -0.39 is 31.5 Å². The second-order valence-corrected chi connectivity index (χ2v) is 24.4. The molecule has 0 amide bonds. The van der Waals surface area contributed by atoms with E-state index >= 15 is 0 Å². The van der Waals surface area contributed by atoms with Crippen molar-refractivity contribution in [3.8, 4) is 0 Å². The van der Waals surface area contributed by atoms with Crippen LogP contribution in [0.4, 0.5) is 14.6 Å². The van der Waals surface area contributed by atoms with Gasteiger partial charge in [0.05, 0.1) is 32.0 Å². The fourth-order valence-electron chi connectivity index (χ4n) is 8.90. The average molecular weight is 905 g/mol. The number of anilines is 1. The van der Waals surface area contributed by atoms with E-state index in [4.69, 9.17) is 34.2 Å². The molecule has 0 bridgehead atoms. The molecule has 1 saturated heterocycles. The van der Waals surface area contributed by atoms with E-state index in [2.05, 4.69) is 81.5 Å². The molecule has 0 spiro atoms. The van der Waals surface area contributed by atoms with Crippen molar-refractivity contribution >= 4 is 53.2 Å². The maximum absolute atomic E-state index is 14.2. The molecule has 1 saturated carbocycles. The van der Waals surface area contributed by atoms with E-state index in [1.807, 2.05) is 61.9 Å². The summed E-state index contributed by atoms with van der Waals surface area (Å²) in [6, 6.07) is 32.4. The van der Waals surface area contributed by atoms with Crippen molar-refractivity contribution in [2.75, 3.05) is 24.3 Å². The number of hydrogen-bond acceptors (Lipinski definition) is 10. The lowest BCUT2D eigenvalue weighted by molar-refractivity contribution is -0.0378. The topological polar surface area (TPSA) is 113 Å². The second kappa shape index (κ2) is 18.9. The van der Waals surface area contributed by atoms with Gasteiger partial charge < -0.3 is 19.2 Å². The van der Waals surface area contributed by atoms with Crippen LogP contribution in [-0.4, -0.2) is 76.3 Å². The van der Waals surface area contributed by atoms with Crippen molar-refractivity contribution in [3.63, 3.8) is 0 Å². The van der Waals surface area contributed by atoms with Gasteiger partial charge in [0.15, 0.2) is 39.6 Å². The maximum atomic E-state index is 14.2. The minimum Gasteiger partial charge on any atom is -0.405 e. The molecule has 0 unspecified atom stereocenters. The number of Topliss-reactive ketones (excluding diaryl/α,β-unsaturated/α-hetero) is 1. The highest BCUT2D eigenvalue weighted by atomic mass is 32.2. The predicted molar refractivity (Wildman–Crippen MR) is 251 cm³/mol. The molecule has 1 N–H and O–H groups in total. The number of carbonyl (C=O) groups excluding carboxylic acids is 1. The average Bonchev–Trinajstić information content (AvgIpc) is 3.72. The molecule has 3 heterocycles. The lowest BCUT2D eigenvalue weighted by Crippen LogP contribution is -2.67. The molecule has 336 valence electrons. The number of halogens is 2. The first-order chi connectivity index (χ1) is 30.7. The number of thioether (sulfide) groups is 1. The summed E-state index contributed by atoms with van der Waals surface area (Å²) < 4.78 is 50.7. The fraction of sp³-hybridized carbons (Fsp3) is 0.420. The Morgan fingerprint density at radius 3 is 2.22 bits per heavy atom. The molecule has 2 aromatic heterocycles. The number of benzene rings is 4. The second-order valence-electron chi connectivity index (χ2n) is 19.0. The normalized spacial score (nSPS) is 20.2. The van der Waals surface area contributed by atoms with Gasteiger partial charge >= 0.3 is 0 Å². The van der Waals surface area contributed by atoms with Gasteiger partial charge in [0.1, 0.15) is 6.10 Å². The Morgan fingerprint density at radius 2 is 1.56 bits per heavy atom. The van der Waals surface area contributed by atoms with Crippen molar-refractivity contribution in [1.29, 1.82) is 0 Å². The number of aromatic nitrogens is 5. The minimum absolute atomic E-state index is 0.00699. The molecule has 2 fully saturated rings. The molecule has 64 heavy (non-hydrogen) atoms. The third-order valence-electron chi connectivity index (χ3n) is 12.2. The van der Waals surface area contributed by atoms with Crippen LogP contribution in [0.15, 0.2) is 108 Å². The van der Waals surface area contributed by atoms with Crippen molar-refractivity contribution in [3.05, 3.63) is 131 Å². The Morgan fingerprint density at radius 1 is 0.875 bits per heavy atom. The number of nitrogens with zero attached hydrogens (tertiary/aromatic N) is 5. The highest BCUT2D eigenvalue weighted by Crippen LogP contribution is 2.44. The van der Waals surface area contributed by atoms with Gasteiger partial charge in [-0.15, -0.1) is 5.10 Å². The summed E-state index contributed by atoms with van der Waals surface area (Å²) in [4.78, 5) is 23.4. The van der Waals surface area contributed by atoms with Gasteiger partial charge in [0.2, 0.25) is 0 Å². The molecular weight excluding hydrogens is 847 g/mol. The third kappa shape index (κ3) is 9.57. The number of nitrogens with one attached hydrogen (secondary N) is 1. The van der Waals surface area contributed by atoms with Crippen molar-refractivity contribution in [1.82, 2.24) is 25.0 Å². The lowest BCUT2D eigenvalue weighted by atomic mass is 9.85.